The van der Waals surface area contributed by atoms with Gasteiger partial charge in [0.2, 0.25) is 5.91 Å². The summed E-state index contributed by atoms with van der Waals surface area (Å²) in [5, 5.41) is 0. The van der Waals surface area contributed by atoms with Crippen molar-refractivity contribution >= 4 is 5.91 Å². The van der Waals surface area contributed by atoms with Crippen LogP contribution in [0.15, 0.2) is 40.9 Å². The highest BCUT2D eigenvalue weighted by molar-refractivity contribution is 5.76. The molecule has 0 aliphatic carbocycles. The van der Waals surface area contributed by atoms with E-state index in [-0.39, 0.29) is 5.91 Å². The molecule has 1 aliphatic rings. The maximum absolute atomic E-state index is 12.3. The average molecular weight is 343 g/mol. The first-order valence-corrected chi connectivity index (χ1v) is 8.76. The predicted molar refractivity (Wildman–Crippen MR) is 95.2 cm³/mol. The van der Waals surface area contributed by atoms with E-state index in [1.165, 1.54) is 0 Å². The fourth-order valence-corrected chi connectivity index (χ4v) is 2.81. The van der Waals surface area contributed by atoms with Gasteiger partial charge in [-0.25, -0.2) is 4.98 Å². The zero-order valence-corrected chi connectivity index (χ0v) is 14.7. The molecule has 2 aromatic rings. The number of oxazole rings is 1. The number of aryl methyl sites for hydroxylation is 1. The highest BCUT2D eigenvalue weighted by Gasteiger charge is 2.15. The summed E-state index contributed by atoms with van der Waals surface area (Å²) in [7, 11) is 1.85. The largest absolute Gasteiger partial charge is 0.441 e. The maximum Gasteiger partial charge on any atom is 0.222 e. The molecule has 0 N–H and O–H groups in total. The van der Waals surface area contributed by atoms with Gasteiger partial charge in [-0.3, -0.25) is 9.69 Å². The van der Waals surface area contributed by atoms with Gasteiger partial charge in [-0.2, -0.15) is 0 Å². The van der Waals surface area contributed by atoms with E-state index in [1.807, 2.05) is 37.4 Å². The third kappa shape index (κ3) is 5.14. The third-order valence-electron chi connectivity index (χ3n) is 4.45. The van der Waals surface area contributed by atoms with Crippen molar-refractivity contribution in [1.29, 1.82) is 0 Å². The van der Waals surface area contributed by atoms with Gasteiger partial charge in [-0.1, -0.05) is 30.3 Å². The first kappa shape index (κ1) is 17.6. The van der Waals surface area contributed by atoms with E-state index >= 15 is 0 Å². The van der Waals surface area contributed by atoms with Gasteiger partial charge < -0.3 is 14.1 Å². The van der Waals surface area contributed by atoms with Crippen LogP contribution in [0.5, 0.6) is 0 Å². The lowest BCUT2D eigenvalue weighted by atomic mass is 10.2. The number of morpholine rings is 1. The zero-order chi connectivity index (χ0) is 17.5. The number of benzene rings is 1. The molecular formula is C19H25N3O3. The van der Waals surface area contributed by atoms with E-state index < -0.39 is 0 Å². The molecule has 1 amide bonds. The van der Waals surface area contributed by atoms with Crippen molar-refractivity contribution in [3.05, 3.63) is 42.4 Å². The Morgan fingerprint density at radius 3 is 2.76 bits per heavy atom. The lowest BCUT2D eigenvalue weighted by Crippen LogP contribution is -2.41. The number of amides is 1. The number of hydrogen-bond donors (Lipinski definition) is 0. The number of likely N-dealkylation sites (N-methyl/N-ethyl adjacent to an activating group) is 1. The molecule has 1 aromatic heterocycles. The summed E-state index contributed by atoms with van der Waals surface area (Å²) in [5.41, 5.74) is 0.996. The minimum absolute atomic E-state index is 0.118. The Kier molecular flexibility index (Phi) is 6.19. The Morgan fingerprint density at radius 2 is 2.00 bits per heavy atom. The van der Waals surface area contributed by atoms with Crippen LogP contribution in [0, 0.1) is 0 Å². The molecule has 1 saturated heterocycles. The van der Waals surface area contributed by atoms with E-state index in [2.05, 4.69) is 9.88 Å². The molecule has 1 aliphatic heterocycles. The number of hydrogen-bond acceptors (Lipinski definition) is 5. The molecule has 0 saturated carbocycles. The van der Waals surface area contributed by atoms with Crippen molar-refractivity contribution in [3.8, 4) is 11.3 Å². The van der Waals surface area contributed by atoms with Gasteiger partial charge >= 0.3 is 0 Å². The van der Waals surface area contributed by atoms with Crippen LogP contribution in [0.4, 0.5) is 0 Å². The number of rotatable bonds is 7. The van der Waals surface area contributed by atoms with Gasteiger partial charge in [-0.15, -0.1) is 0 Å². The first-order valence-electron chi connectivity index (χ1n) is 8.76. The highest BCUT2D eigenvalue weighted by atomic mass is 16.5. The summed E-state index contributed by atoms with van der Waals surface area (Å²) < 4.78 is 11.1. The summed E-state index contributed by atoms with van der Waals surface area (Å²) in [6.07, 6.45) is 2.65. The van der Waals surface area contributed by atoms with Crippen molar-refractivity contribution in [1.82, 2.24) is 14.8 Å². The van der Waals surface area contributed by atoms with Crippen LogP contribution in [-0.2, 0) is 16.0 Å². The van der Waals surface area contributed by atoms with Gasteiger partial charge in [0.1, 0.15) is 0 Å². The molecule has 0 radical (unpaired) electrons. The lowest BCUT2D eigenvalue weighted by molar-refractivity contribution is -0.130. The Bertz CT molecular complexity index is 666. The third-order valence-corrected chi connectivity index (χ3v) is 4.45. The molecule has 2 heterocycles. The molecule has 0 bridgehead atoms. The van der Waals surface area contributed by atoms with E-state index in [1.54, 1.807) is 11.1 Å². The Labute approximate surface area is 148 Å². The van der Waals surface area contributed by atoms with Crippen molar-refractivity contribution in [2.24, 2.45) is 0 Å². The van der Waals surface area contributed by atoms with Gasteiger partial charge in [0, 0.05) is 51.6 Å². The quantitative estimate of drug-likeness (QED) is 0.770. The number of carbonyl (C=O) groups excluding carboxylic acids is 1. The molecule has 1 fully saturated rings. The van der Waals surface area contributed by atoms with E-state index in [0.29, 0.717) is 18.7 Å². The second kappa shape index (κ2) is 8.78. The van der Waals surface area contributed by atoms with Crippen LogP contribution in [0.25, 0.3) is 11.3 Å². The van der Waals surface area contributed by atoms with Gasteiger partial charge in [0.15, 0.2) is 11.7 Å². The SMILES string of the molecule is CN(CCN1CCOCC1)C(=O)CCc1ncc(-c2ccccc2)o1. The van der Waals surface area contributed by atoms with Crippen LogP contribution in [0.3, 0.4) is 0 Å². The van der Waals surface area contributed by atoms with Crippen molar-refractivity contribution in [2.75, 3.05) is 46.4 Å². The summed E-state index contributed by atoms with van der Waals surface area (Å²) in [5.74, 6) is 1.46. The van der Waals surface area contributed by atoms with Gasteiger partial charge in [0.25, 0.3) is 0 Å². The fourth-order valence-electron chi connectivity index (χ4n) is 2.81. The minimum Gasteiger partial charge on any atom is -0.441 e. The van der Waals surface area contributed by atoms with Crippen molar-refractivity contribution in [3.63, 3.8) is 0 Å². The predicted octanol–water partition coefficient (Wildman–Crippen LogP) is 2.06. The molecule has 0 atom stereocenters. The normalized spacial score (nSPS) is 15.2. The van der Waals surface area contributed by atoms with E-state index in [9.17, 15) is 4.79 Å². The maximum atomic E-state index is 12.3. The van der Waals surface area contributed by atoms with Crippen LogP contribution in [-0.4, -0.2) is 67.1 Å². The Morgan fingerprint density at radius 1 is 1.24 bits per heavy atom. The van der Waals surface area contributed by atoms with Crippen LogP contribution < -0.4 is 0 Å². The van der Waals surface area contributed by atoms with E-state index in [0.717, 1.165) is 50.7 Å². The molecule has 0 unspecified atom stereocenters. The standard InChI is InChI=1S/C19H25N3O3/c1-21(9-10-22-11-13-24-14-12-22)19(23)8-7-18-20-15-17(25-18)16-5-3-2-4-6-16/h2-6,15H,7-14H2,1H3. The molecule has 6 nitrogen and oxygen atoms in total. The van der Waals surface area contributed by atoms with Crippen LogP contribution in [0.2, 0.25) is 0 Å². The number of ether oxygens (including phenoxy) is 1. The monoisotopic (exact) mass is 343 g/mol. The average Bonchev–Trinajstić information content (AvgIpc) is 3.15. The summed E-state index contributed by atoms with van der Waals surface area (Å²) in [4.78, 5) is 20.7. The smallest absolute Gasteiger partial charge is 0.222 e. The summed E-state index contributed by atoms with van der Waals surface area (Å²) in [6.45, 7) is 5.08. The Balaban J connectivity index is 1.43. The topological polar surface area (TPSA) is 58.8 Å². The molecule has 6 heteroatoms. The van der Waals surface area contributed by atoms with Crippen molar-refractivity contribution in [2.45, 2.75) is 12.8 Å². The van der Waals surface area contributed by atoms with Crippen molar-refractivity contribution < 1.29 is 13.9 Å². The number of nitrogens with zero attached hydrogens (tertiary/aromatic N) is 3. The molecule has 3 rings (SSSR count). The number of aromatic nitrogens is 1. The van der Waals surface area contributed by atoms with Crippen LogP contribution in [0.1, 0.15) is 12.3 Å². The first-order chi connectivity index (χ1) is 12.2. The summed E-state index contributed by atoms with van der Waals surface area (Å²) >= 11 is 0. The zero-order valence-electron chi connectivity index (χ0n) is 14.7. The molecule has 0 spiro atoms. The molecule has 1 aromatic carbocycles. The van der Waals surface area contributed by atoms with Gasteiger partial charge in [0.05, 0.1) is 19.4 Å². The number of carbonyl (C=O) groups is 1. The fraction of sp³-hybridized carbons (Fsp3) is 0.474. The lowest BCUT2D eigenvalue weighted by Gasteiger charge is -2.28. The second-order valence-electron chi connectivity index (χ2n) is 6.25. The Hall–Kier alpha value is -2.18. The molecular weight excluding hydrogens is 318 g/mol. The van der Waals surface area contributed by atoms with Gasteiger partial charge in [-0.05, 0) is 0 Å². The summed E-state index contributed by atoms with van der Waals surface area (Å²) in [6, 6.07) is 9.85. The van der Waals surface area contributed by atoms with E-state index in [4.69, 9.17) is 9.15 Å². The molecule has 25 heavy (non-hydrogen) atoms. The highest BCUT2D eigenvalue weighted by Crippen LogP contribution is 2.20. The minimum atomic E-state index is 0.118. The second-order valence-corrected chi connectivity index (χ2v) is 6.25. The van der Waals surface area contributed by atoms with Crippen LogP contribution >= 0.6 is 0 Å². The molecule has 134 valence electrons.